The molecule has 0 bridgehead atoms. The number of allylic oxidation sites excluding steroid dienone is 4. The average molecular weight is 1450 g/mol. The molecule has 2 unspecified atom stereocenters. The van der Waals surface area contributed by atoms with E-state index in [0.717, 1.165) is 109 Å². The van der Waals surface area contributed by atoms with E-state index in [2.05, 4.69) is 58.9 Å². The molecule has 0 radical (unpaired) electrons. The van der Waals surface area contributed by atoms with E-state index in [9.17, 15) is 43.2 Å². The Bertz CT molecular complexity index is 1990. The molecule has 0 heterocycles. The van der Waals surface area contributed by atoms with Gasteiger partial charge in [0.2, 0.25) is 0 Å². The van der Waals surface area contributed by atoms with Gasteiger partial charge in [0.15, 0.2) is 12.2 Å². The maximum Gasteiger partial charge on any atom is 0.472 e. The zero-order valence-corrected chi connectivity index (χ0v) is 65.9. The molecule has 99 heavy (non-hydrogen) atoms. The van der Waals surface area contributed by atoms with Crippen molar-refractivity contribution in [2.24, 2.45) is 5.92 Å². The van der Waals surface area contributed by atoms with Gasteiger partial charge in [-0.3, -0.25) is 37.3 Å². The van der Waals surface area contributed by atoms with E-state index in [1.807, 2.05) is 0 Å². The number of carbonyl (C=O) groups is 4. The third-order valence-electron chi connectivity index (χ3n) is 18.2. The minimum Gasteiger partial charge on any atom is -0.462 e. The molecule has 0 aromatic heterocycles. The van der Waals surface area contributed by atoms with Crippen molar-refractivity contribution >= 4 is 39.5 Å². The summed E-state index contributed by atoms with van der Waals surface area (Å²) in [6, 6.07) is 0. The first-order chi connectivity index (χ1) is 48.0. The molecule has 584 valence electrons. The first-order valence-electron chi connectivity index (χ1n) is 41.0. The predicted molar refractivity (Wildman–Crippen MR) is 404 cm³/mol. The molecular weight excluding hydrogens is 1290 g/mol. The van der Waals surface area contributed by atoms with Crippen molar-refractivity contribution in [2.75, 3.05) is 39.6 Å². The van der Waals surface area contributed by atoms with Crippen molar-refractivity contribution in [3.63, 3.8) is 0 Å². The van der Waals surface area contributed by atoms with Gasteiger partial charge in [-0.2, -0.15) is 0 Å². The van der Waals surface area contributed by atoms with Gasteiger partial charge in [0.25, 0.3) is 0 Å². The van der Waals surface area contributed by atoms with Gasteiger partial charge in [0.1, 0.15) is 19.3 Å². The Labute approximate surface area is 605 Å². The molecule has 0 aromatic rings. The number of hydrogen-bond acceptors (Lipinski definition) is 15. The SMILES string of the molecule is CCCCCC/C=C\C=C/CCCCCCCC(=O)O[C@H](COC(=O)CCCCCCCCCC(C)C)COP(=O)(O)OC[C@H](O)COP(=O)(O)OC[C@@H](COC(=O)CCCCCCCCCCCCCCCCCCC)OC(=O)CCCCCCCCCCCCCCCCCCC. The number of phosphoric ester groups is 2. The molecule has 17 nitrogen and oxygen atoms in total. The molecule has 5 atom stereocenters. The summed E-state index contributed by atoms with van der Waals surface area (Å²) in [6.45, 7) is 7.20. The normalized spacial score (nSPS) is 14.0. The molecule has 0 spiro atoms. The molecule has 0 aliphatic rings. The van der Waals surface area contributed by atoms with E-state index >= 15 is 0 Å². The highest BCUT2D eigenvalue weighted by atomic mass is 31.2. The smallest absolute Gasteiger partial charge is 0.462 e. The number of unbranched alkanes of at least 4 members (excludes halogenated alkanes) is 47. The molecule has 0 fully saturated rings. The number of hydrogen-bond donors (Lipinski definition) is 3. The van der Waals surface area contributed by atoms with Crippen LogP contribution in [0.15, 0.2) is 24.3 Å². The van der Waals surface area contributed by atoms with E-state index in [1.54, 1.807) is 0 Å². The zero-order valence-electron chi connectivity index (χ0n) is 64.1. The molecule has 3 N–H and O–H groups in total. The maximum atomic E-state index is 13.1. The fourth-order valence-electron chi connectivity index (χ4n) is 11.9. The molecule has 0 aliphatic carbocycles. The summed E-state index contributed by atoms with van der Waals surface area (Å²) in [4.78, 5) is 72.9. The Kier molecular flexibility index (Phi) is 70.7. The molecule has 0 amide bonds. The molecule has 0 aliphatic heterocycles. The molecule has 19 heteroatoms. The Morgan fingerprint density at radius 1 is 0.313 bits per heavy atom. The predicted octanol–water partition coefficient (Wildman–Crippen LogP) is 23.6. The van der Waals surface area contributed by atoms with Gasteiger partial charge in [-0.25, -0.2) is 9.13 Å². The van der Waals surface area contributed by atoms with Crippen molar-refractivity contribution in [3.05, 3.63) is 24.3 Å². The number of ether oxygens (including phenoxy) is 4. The lowest BCUT2D eigenvalue weighted by Crippen LogP contribution is -2.30. The van der Waals surface area contributed by atoms with Gasteiger partial charge in [-0.1, -0.05) is 348 Å². The Balaban J connectivity index is 5.27. The summed E-state index contributed by atoms with van der Waals surface area (Å²) in [5, 5.41) is 10.6. The van der Waals surface area contributed by atoms with Crippen LogP contribution in [0.5, 0.6) is 0 Å². The highest BCUT2D eigenvalue weighted by Gasteiger charge is 2.30. The summed E-state index contributed by atoms with van der Waals surface area (Å²) in [7, 11) is -9.93. The highest BCUT2D eigenvalue weighted by molar-refractivity contribution is 7.47. The summed E-state index contributed by atoms with van der Waals surface area (Å²) in [6.07, 6.45) is 66.1. The van der Waals surface area contributed by atoms with Crippen LogP contribution in [0.1, 0.15) is 401 Å². The second-order valence-corrected chi connectivity index (χ2v) is 31.5. The first-order valence-corrected chi connectivity index (χ1v) is 43.9. The monoisotopic (exact) mass is 1450 g/mol. The molecule has 0 rings (SSSR count). The van der Waals surface area contributed by atoms with Crippen LogP contribution in [0, 0.1) is 5.92 Å². The Morgan fingerprint density at radius 2 is 0.545 bits per heavy atom. The van der Waals surface area contributed by atoms with Gasteiger partial charge < -0.3 is 33.8 Å². The molecule has 0 saturated carbocycles. The van der Waals surface area contributed by atoms with Gasteiger partial charge in [-0.15, -0.1) is 0 Å². The van der Waals surface area contributed by atoms with E-state index in [1.165, 1.54) is 205 Å². The second kappa shape index (κ2) is 72.5. The van der Waals surface area contributed by atoms with Crippen molar-refractivity contribution in [1.29, 1.82) is 0 Å². The first kappa shape index (κ1) is 96.5. The van der Waals surface area contributed by atoms with Crippen LogP contribution in [0.25, 0.3) is 0 Å². The van der Waals surface area contributed by atoms with Crippen LogP contribution in [-0.2, 0) is 65.4 Å². The largest absolute Gasteiger partial charge is 0.472 e. The van der Waals surface area contributed by atoms with Gasteiger partial charge in [-0.05, 0) is 57.3 Å². The van der Waals surface area contributed by atoms with Crippen LogP contribution in [0.4, 0.5) is 0 Å². The molecule has 0 saturated heterocycles. The lowest BCUT2D eigenvalue weighted by molar-refractivity contribution is -0.161. The summed E-state index contributed by atoms with van der Waals surface area (Å²) < 4.78 is 68.6. The minimum absolute atomic E-state index is 0.0846. The topological polar surface area (TPSA) is 237 Å². The van der Waals surface area contributed by atoms with E-state index in [4.69, 9.17) is 37.0 Å². The fourth-order valence-corrected chi connectivity index (χ4v) is 13.4. The van der Waals surface area contributed by atoms with Crippen LogP contribution in [0.3, 0.4) is 0 Å². The summed E-state index contributed by atoms with van der Waals surface area (Å²) in [5.74, 6) is -1.44. The number of carbonyl (C=O) groups excluding carboxylic acids is 4. The Hall–Kier alpha value is -2.46. The van der Waals surface area contributed by atoms with Crippen molar-refractivity contribution < 1.29 is 80.2 Å². The summed E-state index contributed by atoms with van der Waals surface area (Å²) >= 11 is 0. The highest BCUT2D eigenvalue weighted by Crippen LogP contribution is 2.45. The van der Waals surface area contributed by atoms with Gasteiger partial charge in [0.05, 0.1) is 26.4 Å². The van der Waals surface area contributed by atoms with E-state index < -0.39 is 97.5 Å². The Morgan fingerprint density at radius 3 is 0.828 bits per heavy atom. The fraction of sp³-hybridized carbons (Fsp3) is 0.900. The third kappa shape index (κ3) is 73.6. The minimum atomic E-state index is -4.97. The number of rotatable bonds is 78. The van der Waals surface area contributed by atoms with E-state index in [-0.39, 0.29) is 25.7 Å². The lowest BCUT2D eigenvalue weighted by atomic mass is 10.0. The molecular formula is C80H152O17P2. The van der Waals surface area contributed by atoms with Gasteiger partial charge >= 0.3 is 39.5 Å². The zero-order chi connectivity index (χ0) is 72.7. The lowest BCUT2D eigenvalue weighted by Gasteiger charge is -2.21. The van der Waals surface area contributed by atoms with Crippen molar-refractivity contribution in [2.45, 2.75) is 419 Å². The van der Waals surface area contributed by atoms with Crippen LogP contribution < -0.4 is 0 Å². The van der Waals surface area contributed by atoms with Crippen molar-refractivity contribution in [1.82, 2.24) is 0 Å². The van der Waals surface area contributed by atoms with Crippen LogP contribution >= 0.6 is 15.6 Å². The van der Waals surface area contributed by atoms with Crippen molar-refractivity contribution in [3.8, 4) is 0 Å². The maximum absolute atomic E-state index is 13.1. The van der Waals surface area contributed by atoms with E-state index in [0.29, 0.717) is 31.6 Å². The summed E-state index contributed by atoms with van der Waals surface area (Å²) in [5.41, 5.74) is 0. The van der Waals surface area contributed by atoms with Gasteiger partial charge in [0, 0.05) is 25.7 Å². The number of aliphatic hydroxyl groups is 1. The number of phosphoric acid groups is 2. The standard InChI is InChI=1S/C80H152O17P2/c1-6-9-12-15-18-21-24-27-30-32-35-37-40-43-48-53-58-63-77(82)90-69-75(96-79(84)66-61-56-50-45-42-39-36-33-31-28-25-22-19-16-13-10-7-2)71-94-98(86,87)92-67-74(81)68-93-99(88,89)95-72-76(70-91-78(83)64-59-54-51-46-47-52-57-62-73(4)5)97-80(85)65-60-55-49-44-41-38-34-29-26-23-20-17-14-11-8-3/h23,26,29,34,73-76,81H,6-22,24-25,27-28,30-33,35-72H2,1-5H3,(H,86,87)(H,88,89)/b26-23-,34-29-/t74-,75-,76-/m1/s1. The third-order valence-corrected chi connectivity index (χ3v) is 20.1. The average Bonchev–Trinajstić information content (AvgIpc) is 1.27. The molecule has 0 aromatic carbocycles. The van der Waals surface area contributed by atoms with Crippen LogP contribution in [0.2, 0.25) is 0 Å². The number of esters is 4. The quantitative estimate of drug-likeness (QED) is 0.0169. The second-order valence-electron chi connectivity index (χ2n) is 28.6. The number of aliphatic hydroxyl groups excluding tert-OH is 1. The van der Waals surface area contributed by atoms with Crippen LogP contribution in [-0.4, -0.2) is 96.7 Å².